The quantitative estimate of drug-likeness (QED) is 0.525. The Morgan fingerprint density at radius 3 is 2.31 bits per heavy atom. The fraction of sp³-hybridized carbons (Fsp3) is 0.500. The molecule has 1 aromatic rings. The summed E-state index contributed by atoms with van der Waals surface area (Å²) in [5.41, 5.74) is 1.70. The number of piperazine rings is 1. The van der Waals surface area contributed by atoms with E-state index in [-0.39, 0.29) is 23.4 Å². The fourth-order valence-electron chi connectivity index (χ4n) is 5.44. The number of hydrogen-bond acceptors (Lipinski definition) is 4. The monoisotopic (exact) mass is 489 g/mol. The molecule has 0 radical (unpaired) electrons. The van der Waals surface area contributed by atoms with Gasteiger partial charge >= 0.3 is 0 Å². The van der Waals surface area contributed by atoms with Crippen molar-refractivity contribution in [1.82, 2.24) is 24.1 Å². The molecule has 2 fully saturated rings. The second-order valence-electron chi connectivity index (χ2n) is 10.4. The van der Waals surface area contributed by atoms with E-state index in [1.807, 2.05) is 53.6 Å². The van der Waals surface area contributed by atoms with Crippen LogP contribution in [0, 0.1) is 5.92 Å². The van der Waals surface area contributed by atoms with Crippen molar-refractivity contribution in [1.29, 1.82) is 0 Å². The van der Waals surface area contributed by atoms with Crippen LogP contribution in [0.2, 0.25) is 0 Å². The molecule has 1 aliphatic carbocycles. The van der Waals surface area contributed by atoms with E-state index in [4.69, 9.17) is 0 Å². The van der Waals surface area contributed by atoms with Crippen LogP contribution in [0.5, 0.6) is 0 Å². The Hall–Kier alpha value is -3.42. The summed E-state index contributed by atoms with van der Waals surface area (Å²) >= 11 is 0. The lowest BCUT2D eigenvalue weighted by atomic mass is 10.0. The summed E-state index contributed by atoms with van der Waals surface area (Å²) in [4.78, 5) is 43.3. The Bertz CT molecular complexity index is 1250. The van der Waals surface area contributed by atoms with Crippen LogP contribution < -0.4 is 5.56 Å². The van der Waals surface area contributed by atoms with Gasteiger partial charge < -0.3 is 14.4 Å². The zero-order valence-corrected chi connectivity index (χ0v) is 21.2. The van der Waals surface area contributed by atoms with Crippen molar-refractivity contribution in [3.63, 3.8) is 0 Å². The number of aromatic nitrogens is 3. The molecule has 190 valence electrons. The molecule has 0 bridgehead atoms. The predicted molar refractivity (Wildman–Crippen MR) is 139 cm³/mol. The largest absolute Gasteiger partial charge is 0.350 e. The minimum Gasteiger partial charge on any atom is -0.350 e. The molecule has 2 amide bonds. The van der Waals surface area contributed by atoms with E-state index in [1.165, 1.54) is 30.4 Å². The molecular weight excluding hydrogens is 454 g/mol. The van der Waals surface area contributed by atoms with E-state index < -0.39 is 0 Å². The molecule has 0 spiro atoms. The maximum atomic E-state index is 13.7. The van der Waals surface area contributed by atoms with Gasteiger partial charge in [0.2, 0.25) is 5.91 Å². The molecule has 0 N–H and O–H groups in total. The molecule has 0 unspecified atom stereocenters. The molecule has 0 atom stereocenters. The average molecular weight is 490 g/mol. The van der Waals surface area contributed by atoms with Gasteiger partial charge in [0.25, 0.3) is 11.5 Å². The number of nitrogens with zero attached hydrogens (tertiary/aromatic N) is 5. The first kappa shape index (κ1) is 24.3. The van der Waals surface area contributed by atoms with Gasteiger partial charge in [-0.2, -0.15) is 9.78 Å². The number of fused-ring (bicyclic) bond motifs is 1. The second kappa shape index (κ2) is 10.3. The molecule has 0 aromatic heterocycles. The molecule has 3 heterocycles. The highest BCUT2D eigenvalue weighted by molar-refractivity contribution is 6.00. The van der Waals surface area contributed by atoms with E-state index in [0.29, 0.717) is 61.0 Å². The van der Waals surface area contributed by atoms with Crippen LogP contribution in [-0.2, 0) is 4.79 Å². The highest BCUT2D eigenvalue weighted by Gasteiger charge is 2.30. The van der Waals surface area contributed by atoms with E-state index >= 15 is 0 Å². The zero-order valence-electron chi connectivity index (χ0n) is 21.2. The minimum absolute atomic E-state index is 0.0785. The number of amides is 2. The Morgan fingerprint density at radius 1 is 0.972 bits per heavy atom. The van der Waals surface area contributed by atoms with Crippen molar-refractivity contribution in [3.05, 3.63) is 58.6 Å². The van der Waals surface area contributed by atoms with Gasteiger partial charge in [0.1, 0.15) is 5.69 Å². The molecule has 36 heavy (non-hydrogen) atoms. The molecule has 1 aromatic carbocycles. The maximum absolute atomic E-state index is 13.7. The van der Waals surface area contributed by atoms with Crippen molar-refractivity contribution < 1.29 is 9.59 Å². The molecular formula is C28H35N5O3. The number of carbonyl (C=O) groups excluding carboxylic acids is 2. The van der Waals surface area contributed by atoms with Crippen molar-refractivity contribution in [2.24, 2.45) is 5.92 Å². The third-order valence-corrected chi connectivity index (χ3v) is 7.68. The number of carbonyl (C=O) groups is 2. The summed E-state index contributed by atoms with van der Waals surface area (Å²) in [5, 5.41) is 4.58. The van der Waals surface area contributed by atoms with Gasteiger partial charge in [-0.1, -0.05) is 43.9 Å². The Labute approximate surface area is 211 Å². The molecule has 1 saturated carbocycles. The average Bonchev–Trinajstić information content (AvgIpc) is 3.55. The lowest BCUT2D eigenvalue weighted by molar-refractivity contribution is -0.133. The van der Waals surface area contributed by atoms with E-state index in [0.717, 1.165) is 6.42 Å². The maximum Gasteiger partial charge on any atom is 0.282 e. The number of para-hydroxylation sites is 1. The molecule has 1 saturated heterocycles. The highest BCUT2D eigenvalue weighted by atomic mass is 16.2. The summed E-state index contributed by atoms with van der Waals surface area (Å²) in [5.74, 6) is 0.753. The van der Waals surface area contributed by atoms with Crippen LogP contribution in [0.3, 0.4) is 0 Å². The van der Waals surface area contributed by atoms with Gasteiger partial charge in [-0.15, -0.1) is 0 Å². The zero-order chi connectivity index (χ0) is 25.2. The molecule has 4 aliphatic rings. The SMILES string of the molecule is CC(C)n1cc(C(=O)N2CCN(C(=O)CCC3CCCC3)CC2)c2nn(-c3ccccc3)c(=O)c-2c1. The second-order valence-corrected chi connectivity index (χ2v) is 10.4. The van der Waals surface area contributed by atoms with Gasteiger partial charge in [-0.3, -0.25) is 14.4 Å². The van der Waals surface area contributed by atoms with E-state index in [9.17, 15) is 14.4 Å². The Morgan fingerprint density at radius 2 is 1.64 bits per heavy atom. The molecule has 3 aliphatic heterocycles. The van der Waals surface area contributed by atoms with Crippen LogP contribution in [0.1, 0.15) is 68.8 Å². The number of benzene rings is 1. The standard InChI is InChI=1S/C28H35N5O3/c1-20(2)32-18-23(26-24(19-32)28(36)33(29-26)22-10-4-3-5-11-22)27(35)31-16-14-30(15-17-31)25(34)13-12-21-8-6-7-9-21/h3-5,10-11,18-21H,6-9,12-17H2,1-2H3. The molecule has 8 heteroatoms. The molecule has 5 rings (SSSR count). The smallest absolute Gasteiger partial charge is 0.282 e. The van der Waals surface area contributed by atoms with Crippen LogP contribution in [0.15, 0.2) is 47.5 Å². The third kappa shape index (κ3) is 4.81. The van der Waals surface area contributed by atoms with Gasteiger partial charge in [0.05, 0.1) is 16.8 Å². The first-order chi connectivity index (χ1) is 17.4. The summed E-state index contributed by atoms with van der Waals surface area (Å²) in [6.07, 6.45) is 10.3. The van der Waals surface area contributed by atoms with Crippen molar-refractivity contribution in [2.45, 2.75) is 58.4 Å². The van der Waals surface area contributed by atoms with Crippen molar-refractivity contribution >= 4 is 11.8 Å². The Balaban J connectivity index is 1.35. The predicted octanol–water partition coefficient (Wildman–Crippen LogP) is 3.97. The fourth-order valence-corrected chi connectivity index (χ4v) is 5.44. The third-order valence-electron chi connectivity index (χ3n) is 7.68. The number of pyridine rings is 1. The lowest BCUT2D eigenvalue weighted by Crippen LogP contribution is -2.50. The number of rotatable bonds is 6. The first-order valence-corrected chi connectivity index (χ1v) is 13.2. The van der Waals surface area contributed by atoms with E-state index in [1.54, 1.807) is 17.3 Å². The summed E-state index contributed by atoms with van der Waals surface area (Å²) in [7, 11) is 0. The van der Waals surface area contributed by atoms with Crippen LogP contribution in [-0.4, -0.2) is 62.1 Å². The normalized spacial score (nSPS) is 16.9. The summed E-state index contributed by atoms with van der Waals surface area (Å²) in [6.45, 7) is 6.08. The van der Waals surface area contributed by atoms with Crippen LogP contribution in [0.4, 0.5) is 0 Å². The van der Waals surface area contributed by atoms with E-state index in [2.05, 4.69) is 5.10 Å². The topological polar surface area (TPSA) is 80.4 Å². The van der Waals surface area contributed by atoms with Crippen molar-refractivity contribution in [3.8, 4) is 16.9 Å². The molecule has 8 nitrogen and oxygen atoms in total. The van der Waals surface area contributed by atoms with Gasteiger partial charge in [-0.25, -0.2) is 0 Å². The van der Waals surface area contributed by atoms with Crippen LogP contribution >= 0.6 is 0 Å². The highest BCUT2D eigenvalue weighted by Crippen LogP contribution is 2.29. The lowest BCUT2D eigenvalue weighted by Gasteiger charge is -2.35. The van der Waals surface area contributed by atoms with Gasteiger partial charge in [0.15, 0.2) is 0 Å². The summed E-state index contributed by atoms with van der Waals surface area (Å²) in [6, 6.07) is 9.33. The van der Waals surface area contributed by atoms with Crippen LogP contribution in [0.25, 0.3) is 16.9 Å². The number of hydrogen-bond donors (Lipinski definition) is 0. The minimum atomic E-state index is -0.238. The van der Waals surface area contributed by atoms with Crippen molar-refractivity contribution in [2.75, 3.05) is 26.2 Å². The Kier molecular flexibility index (Phi) is 6.94. The van der Waals surface area contributed by atoms with Gasteiger partial charge in [-0.05, 0) is 38.3 Å². The summed E-state index contributed by atoms with van der Waals surface area (Å²) < 4.78 is 3.27. The van der Waals surface area contributed by atoms with Gasteiger partial charge in [0, 0.05) is 51.0 Å². The first-order valence-electron chi connectivity index (χ1n) is 13.2.